The third-order valence-electron chi connectivity index (χ3n) is 5.37. The largest absolute Gasteiger partial charge is 0.274 e. The van der Waals surface area contributed by atoms with Crippen LogP contribution in [0.1, 0.15) is 25.3 Å². The van der Waals surface area contributed by atoms with Gasteiger partial charge in [-0.05, 0) is 42.7 Å². The van der Waals surface area contributed by atoms with Gasteiger partial charge in [0.15, 0.2) is 0 Å². The Morgan fingerprint density at radius 3 is 2.10 bits per heavy atom. The van der Waals surface area contributed by atoms with Crippen LogP contribution in [0.2, 0.25) is 0 Å². The van der Waals surface area contributed by atoms with Gasteiger partial charge in [0.1, 0.15) is 0 Å². The smallest absolute Gasteiger partial charge is 0.238 e. The Morgan fingerprint density at radius 1 is 1.00 bits per heavy atom. The Kier molecular flexibility index (Phi) is 2.78. The lowest BCUT2D eigenvalue weighted by Gasteiger charge is -2.38. The summed E-state index contributed by atoms with van der Waals surface area (Å²) < 4.78 is 0. The third kappa shape index (κ3) is 1.66. The number of hydrogen-bond donors (Lipinski definition) is 0. The van der Waals surface area contributed by atoms with E-state index < -0.39 is 0 Å². The van der Waals surface area contributed by atoms with Gasteiger partial charge in [0.25, 0.3) is 0 Å². The van der Waals surface area contributed by atoms with E-state index in [1.165, 1.54) is 4.90 Å². The first-order valence-corrected chi connectivity index (χ1v) is 7.86. The molecule has 4 aliphatic rings. The summed E-state index contributed by atoms with van der Waals surface area (Å²) in [6.45, 7) is 2.06. The van der Waals surface area contributed by atoms with Crippen molar-refractivity contribution in [3.63, 3.8) is 0 Å². The van der Waals surface area contributed by atoms with Crippen molar-refractivity contribution in [2.75, 3.05) is 4.90 Å². The molecule has 1 aliphatic heterocycles. The highest BCUT2D eigenvalue weighted by atomic mass is 16.2. The van der Waals surface area contributed by atoms with E-state index in [2.05, 4.69) is 19.1 Å². The Hall–Kier alpha value is -1.90. The quantitative estimate of drug-likeness (QED) is 0.617. The number of nitrogens with zero attached hydrogens (tertiary/aromatic N) is 1. The molecule has 1 heterocycles. The molecule has 4 atom stereocenters. The zero-order valence-corrected chi connectivity index (χ0v) is 12.2. The van der Waals surface area contributed by atoms with E-state index in [1.807, 2.05) is 24.3 Å². The Labute approximate surface area is 124 Å². The number of aryl methyl sites for hydroxylation is 1. The maximum atomic E-state index is 12.9. The molecule has 1 aromatic rings. The summed E-state index contributed by atoms with van der Waals surface area (Å²) in [5.74, 6) is 0.317. The van der Waals surface area contributed by atoms with E-state index in [4.69, 9.17) is 0 Å². The molecule has 108 valence electrons. The molecule has 2 bridgehead atoms. The molecule has 21 heavy (non-hydrogen) atoms. The normalized spacial score (nSPS) is 33.7. The molecule has 3 aliphatic carbocycles. The number of rotatable bonds is 2. The minimum atomic E-state index is -0.119. The van der Waals surface area contributed by atoms with Gasteiger partial charge in [0.05, 0.1) is 17.5 Å². The van der Waals surface area contributed by atoms with Crippen molar-refractivity contribution in [1.82, 2.24) is 0 Å². The minimum Gasteiger partial charge on any atom is -0.274 e. The standard InChI is InChI=1S/C18H19NO2/c1-2-11-5-3-4-6-14(11)19-17(20)15-12-7-8-13(10-9-12)16(15)18(19)21/h3-8,12-13,15-16H,2,9-10H2,1H3. The molecule has 0 spiro atoms. The Bertz CT molecular complexity index is 616. The Balaban J connectivity index is 1.79. The molecule has 0 N–H and O–H groups in total. The summed E-state index contributed by atoms with van der Waals surface area (Å²) in [6, 6.07) is 7.78. The average Bonchev–Trinajstić information content (AvgIpc) is 2.82. The number of anilines is 1. The molecule has 5 rings (SSSR count). The molecule has 2 amide bonds. The molecule has 0 aromatic heterocycles. The summed E-state index contributed by atoms with van der Waals surface area (Å²) in [7, 11) is 0. The van der Waals surface area contributed by atoms with Crippen molar-refractivity contribution in [3.05, 3.63) is 42.0 Å². The summed E-state index contributed by atoms with van der Waals surface area (Å²) in [6.07, 6.45) is 7.24. The summed E-state index contributed by atoms with van der Waals surface area (Å²) in [5.41, 5.74) is 1.86. The van der Waals surface area contributed by atoms with Crippen LogP contribution in [-0.2, 0) is 16.0 Å². The minimum absolute atomic E-state index is 0.0185. The van der Waals surface area contributed by atoms with Crippen LogP contribution in [0.15, 0.2) is 36.4 Å². The lowest BCUT2D eigenvalue weighted by molar-refractivity contribution is -0.124. The molecule has 4 unspecified atom stereocenters. The second kappa shape index (κ2) is 4.55. The zero-order chi connectivity index (χ0) is 14.6. The molecule has 2 fully saturated rings. The monoisotopic (exact) mass is 281 g/mol. The molecule has 1 saturated heterocycles. The van der Waals surface area contributed by atoms with Crippen molar-refractivity contribution in [2.24, 2.45) is 23.7 Å². The van der Waals surface area contributed by atoms with Crippen LogP contribution in [0.4, 0.5) is 5.69 Å². The van der Waals surface area contributed by atoms with Crippen molar-refractivity contribution in [2.45, 2.75) is 26.2 Å². The zero-order valence-electron chi connectivity index (χ0n) is 12.2. The maximum absolute atomic E-state index is 12.9. The first kappa shape index (κ1) is 12.8. The fourth-order valence-corrected chi connectivity index (χ4v) is 4.34. The van der Waals surface area contributed by atoms with Crippen LogP contribution in [0.5, 0.6) is 0 Å². The molecule has 1 saturated carbocycles. The molecular weight excluding hydrogens is 262 g/mol. The van der Waals surface area contributed by atoms with Crippen LogP contribution < -0.4 is 4.90 Å². The molecule has 0 radical (unpaired) electrons. The van der Waals surface area contributed by atoms with Crippen LogP contribution >= 0.6 is 0 Å². The van der Waals surface area contributed by atoms with Crippen LogP contribution in [0, 0.1) is 23.7 Å². The highest BCUT2D eigenvalue weighted by Gasteiger charge is 2.57. The SMILES string of the molecule is CCc1ccccc1N1C(=O)C2C3C=CC(CC3)C2C1=O. The highest BCUT2D eigenvalue weighted by molar-refractivity contribution is 6.22. The van der Waals surface area contributed by atoms with Gasteiger partial charge in [-0.3, -0.25) is 9.59 Å². The molecule has 3 nitrogen and oxygen atoms in total. The third-order valence-corrected chi connectivity index (χ3v) is 5.37. The first-order chi connectivity index (χ1) is 10.2. The predicted molar refractivity (Wildman–Crippen MR) is 80.6 cm³/mol. The van der Waals surface area contributed by atoms with E-state index >= 15 is 0 Å². The number of benzene rings is 1. The van der Waals surface area contributed by atoms with Gasteiger partial charge >= 0.3 is 0 Å². The van der Waals surface area contributed by atoms with E-state index in [9.17, 15) is 9.59 Å². The van der Waals surface area contributed by atoms with Gasteiger partial charge in [-0.15, -0.1) is 0 Å². The van der Waals surface area contributed by atoms with Gasteiger partial charge in [-0.25, -0.2) is 4.90 Å². The fourth-order valence-electron chi connectivity index (χ4n) is 4.34. The van der Waals surface area contributed by atoms with Gasteiger partial charge in [-0.1, -0.05) is 37.3 Å². The molecule has 3 heteroatoms. The van der Waals surface area contributed by atoms with Gasteiger partial charge < -0.3 is 0 Å². The van der Waals surface area contributed by atoms with E-state index in [0.717, 1.165) is 30.5 Å². The average molecular weight is 281 g/mol. The number of amides is 2. The number of fused-ring (bicyclic) bond motifs is 1. The number of allylic oxidation sites excluding steroid dienone is 2. The summed E-state index contributed by atoms with van der Waals surface area (Å²) in [5, 5.41) is 0. The van der Waals surface area contributed by atoms with Gasteiger partial charge in [-0.2, -0.15) is 0 Å². The van der Waals surface area contributed by atoms with E-state index in [1.54, 1.807) is 0 Å². The van der Waals surface area contributed by atoms with Crippen LogP contribution in [-0.4, -0.2) is 11.8 Å². The second-order valence-electron chi connectivity index (χ2n) is 6.34. The predicted octanol–water partition coefficient (Wildman–Crippen LogP) is 2.95. The first-order valence-electron chi connectivity index (χ1n) is 7.86. The number of carbonyl (C=O) groups is 2. The lowest BCUT2D eigenvalue weighted by atomic mass is 9.63. The number of para-hydroxylation sites is 1. The lowest BCUT2D eigenvalue weighted by Crippen LogP contribution is -2.38. The molecular formula is C18H19NO2. The van der Waals surface area contributed by atoms with Crippen molar-refractivity contribution >= 4 is 17.5 Å². The summed E-state index contributed by atoms with van der Waals surface area (Å²) in [4.78, 5) is 27.2. The van der Waals surface area contributed by atoms with E-state index in [0.29, 0.717) is 0 Å². The maximum Gasteiger partial charge on any atom is 0.238 e. The van der Waals surface area contributed by atoms with Crippen LogP contribution in [0.25, 0.3) is 0 Å². The number of hydrogen-bond acceptors (Lipinski definition) is 2. The van der Waals surface area contributed by atoms with Crippen LogP contribution in [0.3, 0.4) is 0 Å². The van der Waals surface area contributed by atoms with Crippen molar-refractivity contribution < 1.29 is 9.59 Å². The summed E-state index contributed by atoms with van der Waals surface area (Å²) >= 11 is 0. The fraction of sp³-hybridized carbons (Fsp3) is 0.444. The van der Waals surface area contributed by atoms with Gasteiger partial charge in [0, 0.05) is 0 Å². The van der Waals surface area contributed by atoms with E-state index in [-0.39, 0.29) is 35.5 Å². The Morgan fingerprint density at radius 2 is 1.57 bits per heavy atom. The van der Waals surface area contributed by atoms with Crippen molar-refractivity contribution in [1.29, 1.82) is 0 Å². The van der Waals surface area contributed by atoms with Gasteiger partial charge in [0.2, 0.25) is 11.8 Å². The van der Waals surface area contributed by atoms with Crippen molar-refractivity contribution in [3.8, 4) is 0 Å². The number of imide groups is 1. The number of carbonyl (C=O) groups excluding carboxylic acids is 2. The topological polar surface area (TPSA) is 37.4 Å². The highest BCUT2D eigenvalue weighted by Crippen LogP contribution is 2.50. The molecule has 1 aromatic carbocycles. The second-order valence-corrected chi connectivity index (χ2v) is 6.34.